The molecule has 0 aromatic rings. The summed E-state index contributed by atoms with van der Waals surface area (Å²) >= 11 is 0. The fraction of sp³-hybridized carbons (Fsp3) is 0.774. The van der Waals surface area contributed by atoms with Crippen LogP contribution >= 0.6 is 0 Å². The van der Waals surface area contributed by atoms with Crippen molar-refractivity contribution < 1.29 is 42.9 Å². The summed E-state index contributed by atoms with van der Waals surface area (Å²) in [6, 6.07) is 0. The van der Waals surface area contributed by atoms with Crippen LogP contribution in [0.2, 0.25) is 0 Å². The number of alkyl halides is 2. The van der Waals surface area contributed by atoms with Gasteiger partial charge in [0.1, 0.15) is 12.3 Å². The zero-order valence-electron chi connectivity index (χ0n) is 24.0. The average Bonchev–Trinajstić information content (AvgIpc) is 3.09. The van der Waals surface area contributed by atoms with E-state index in [2.05, 4.69) is 13.8 Å². The molecular formula is C31H42F2O7. The van der Waals surface area contributed by atoms with Crippen molar-refractivity contribution in [3.8, 4) is 0 Å². The van der Waals surface area contributed by atoms with Gasteiger partial charge in [0, 0.05) is 22.7 Å². The molecular weight excluding hydrogens is 522 g/mol. The lowest BCUT2D eigenvalue weighted by Crippen LogP contribution is -2.71. The number of aliphatic hydroxyl groups excluding tert-OH is 1. The average molecular weight is 565 g/mol. The molecule has 0 amide bonds. The molecule has 4 fully saturated rings. The summed E-state index contributed by atoms with van der Waals surface area (Å²) in [5.74, 6) is -3.26. The molecule has 5 rings (SSSR count). The molecule has 7 nitrogen and oxygen atoms in total. The van der Waals surface area contributed by atoms with Crippen molar-refractivity contribution >= 4 is 17.9 Å². The molecule has 222 valence electrons. The van der Waals surface area contributed by atoms with Gasteiger partial charge < -0.3 is 19.7 Å². The minimum atomic E-state index is -2.34. The standard InChI is InChI=1S/C31H42F2O7/c1-16(2)18-6-8-20(9-7-18)39-27(38)40-31(26(36)37)17(3)12-21-22-14-24(32)23-13-19(34)10-11-28(23,4)30(22,33)25(35)15-29(21,31)5/h10-11,13,16-18,20-22,24-25,35H,6-9,12,14-15H2,1-5H3,(H,36,37)/t17-,18?,20?,21+,22+,24+,25+,28+,29+,30?,31-/m1/s1. The molecule has 1 unspecified atom stereocenters. The Labute approximate surface area is 234 Å². The number of carbonyl (C=O) groups excluding carboxylic acids is 2. The minimum Gasteiger partial charge on any atom is -0.478 e. The molecule has 0 heterocycles. The second-order valence-corrected chi connectivity index (χ2v) is 13.8. The van der Waals surface area contributed by atoms with E-state index in [1.165, 1.54) is 19.1 Å². The van der Waals surface area contributed by atoms with Gasteiger partial charge in [-0.25, -0.2) is 18.4 Å². The fourth-order valence-corrected chi connectivity index (χ4v) is 9.41. The summed E-state index contributed by atoms with van der Waals surface area (Å²) in [5.41, 5.74) is -7.39. The van der Waals surface area contributed by atoms with E-state index in [0.717, 1.165) is 18.9 Å². The predicted octanol–water partition coefficient (Wildman–Crippen LogP) is 5.74. The van der Waals surface area contributed by atoms with Crippen molar-refractivity contribution in [2.75, 3.05) is 0 Å². The quantitative estimate of drug-likeness (QED) is 0.419. The van der Waals surface area contributed by atoms with E-state index < -0.39 is 70.0 Å². The first-order valence-corrected chi connectivity index (χ1v) is 14.7. The maximum atomic E-state index is 17.4. The highest BCUT2D eigenvalue weighted by atomic mass is 19.1. The van der Waals surface area contributed by atoms with Crippen molar-refractivity contribution in [2.24, 2.45) is 40.4 Å². The van der Waals surface area contributed by atoms with Gasteiger partial charge in [0.05, 0.1) is 6.10 Å². The summed E-state index contributed by atoms with van der Waals surface area (Å²) in [6.45, 7) is 9.09. The van der Waals surface area contributed by atoms with Crippen molar-refractivity contribution in [1.82, 2.24) is 0 Å². The van der Waals surface area contributed by atoms with Crippen LogP contribution in [-0.2, 0) is 19.1 Å². The molecule has 2 N–H and O–H groups in total. The number of carboxylic acid groups (broad SMARTS) is 1. The maximum Gasteiger partial charge on any atom is 0.509 e. The van der Waals surface area contributed by atoms with Gasteiger partial charge in [-0.15, -0.1) is 0 Å². The van der Waals surface area contributed by atoms with Crippen LogP contribution in [0.15, 0.2) is 23.8 Å². The largest absolute Gasteiger partial charge is 0.509 e. The summed E-state index contributed by atoms with van der Waals surface area (Å²) in [6.07, 6.45) is 1.60. The predicted molar refractivity (Wildman–Crippen MR) is 142 cm³/mol. The Hall–Kier alpha value is -2.29. The number of allylic oxidation sites excluding steroid dienone is 4. The molecule has 0 aliphatic heterocycles. The topological polar surface area (TPSA) is 110 Å². The van der Waals surface area contributed by atoms with Crippen LogP contribution in [0.4, 0.5) is 13.6 Å². The normalized spacial score (nSPS) is 48.1. The third-order valence-corrected chi connectivity index (χ3v) is 11.7. The summed E-state index contributed by atoms with van der Waals surface area (Å²) in [7, 11) is 0. The second-order valence-electron chi connectivity index (χ2n) is 13.8. The Morgan fingerprint density at radius 3 is 2.35 bits per heavy atom. The van der Waals surface area contributed by atoms with Gasteiger partial charge in [0.25, 0.3) is 0 Å². The summed E-state index contributed by atoms with van der Waals surface area (Å²) in [4.78, 5) is 38.2. The molecule has 0 radical (unpaired) electrons. The highest BCUT2D eigenvalue weighted by Gasteiger charge is 2.78. The van der Waals surface area contributed by atoms with Gasteiger partial charge in [0.2, 0.25) is 5.60 Å². The van der Waals surface area contributed by atoms with Crippen LogP contribution in [0, 0.1) is 40.4 Å². The maximum absolute atomic E-state index is 17.4. The van der Waals surface area contributed by atoms with E-state index in [1.54, 1.807) is 13.8 Å². The van der Waals surface area contributed by atoms with Gasteiger partial charge in [-0.05, 0) is 87.3 Å². The molecule has 4 saturated carbocycles. The van der Waals surface area contributed by atoms with Gasteiger partial charge in [-0.1, -0.05) is 33.8 Å². The van der Waals surface area contributed by atoms with E-state index in [1.807, 2.05) is 0 Å². The molecule has 9 heteroatoms. The number of fused-ring (bicyclic) bond motifs is 5. The van der Waals surface area contributed by atoms with Crippen LogP contribution in [0.3, 0.4) is 0 Å². The van der Waals surface area contributed by atoms with E-state index in [-0.39, 0.29) is 30.9 Å². The molecule has 5 aliphatic rings. The van der Waals surface area contributed by atoms with Crippen LogP contribution in [0.1, 0.15) is 79.6 Å². The van der Waals surface area contributed by atoms with Gasteiger partial charge in [-0.2, -0.15) is 0 Å². The van der Waals surface area contributed by atoms with Crippen LogP contribution in [-0.4, -0.2) is 57.8 Å². The second kappa shape index (κ2) is 9.63. The zero-order chi connectivity index (χ0) is 29.4. The van der Waals surface area contributed by atoms with Crippen LogP contribution in [0.5, 0.6) is 0 Å². The fourth-order valence-electron chi connectivity index (χ4n) is 9.41. The van der Waals surface area contributed by atoms with E-state index >= 15 is 8.78 Å². The molecule has 0 aromatic heterocycles. The first-order chi connectivity index (χ1) is 18.6. The number of carboxylic acids is 1. The number of aliphatic hydroxyl groups is 1. The molecule has 5 aliphatic carbocycles. The molecule has 0 spiro atoms. The molecule has 0 aromatic carbocycles. The Kier molecular flexibility index (Phi) is 7.03. The number of aliphatic carboxylic acids is 1. The number of ether oxygens (including phenoxy) is 2. The summed E-state index contributed by atoms with van der Waals surface area (Å²) < 4.78 is 44.5. The Bertz CT molecular complexity index is 1140. The highest BCUT2D eigenvalue weighted by Crippen LogP contribution is 2.71. The lowest BCUT2D eigenvalue weighted by Gasteiger charge is -2.62. The van der Waals surface area contributed by atoms with Crippen LogP contribution < -0.4 is 0 Å². The van der Waals surface area contributed by atoms with Crippen molar-refractivity contribution in [3.05, 3.63) is 23.8 Å². The van der Waals surface area contributed by atoms with E-state index in [9.17, 15) is 24.6 Å². The first kappa shape index (κ1) is 29.2. The van der Waals surface area contributed by atoms with E-state index in [4.69, 9.17) is 9.47 Å². The van der Waals surface area contributed by atoms with E-state index in [0.29, 0.717) is 24.7 Å². The SMILES string of the molecule is CC(C)C1CCC(OC(=O)O[C@@]2(C(=O)O)[C@H](C)C[C@H]3[C@@H]4C[C@H](F)C5=CC(=O)C=C[C@]5(C)C4(F)[C@@H](O)C[C@@]32C)CC1. The molecule has 0 saturated heterocycles. The minimum absolute atomic E-state index is 0.00367. The van der Waals surface area contributed by atoms with Gasteiger partial charge in [-0.3, -0.25) is 4.79 Å². The van der Waals surface area contributed by atoms with Gasteiger partial charge >= 0.3 is 12.1 Å². The first-order valence-electron chi connectivity index (χ1n) is 14.7. The lowest BCUT2D eigenvalue weighted by atomic mass is 9.44. The number of hydrogen-bond acceptors (Lipinski definition) is 6. The summed E-state index contributed by atoms with van der Waals surface area (Å²) in [5, 5.41) is 22.1. The Balaban J connectivity index is 1.45. The molecule has 9 atom stereocenters. The number of carbonyl (C=O) groups is 3. The number of ketones is 1. The zero-order valence-corrected chi connectivity index (χ0v) is 24.0. The van der Waals surface area contributed by atoms with Crippen LogP contribution in [0.25, 0.3) is 0 Å². The molecule has 0 bridgehead atoms. The van der Waals surface area contributed by atoms with Crippen molar-refractivity contribution in [1.29, 1.82) is 0 Å². The molecule has 40 heavy (non-hydrogen) atoms. The Morgan fingerprint density at radius 1 is 1.10 bits per heavy atom. The third kappa shape index (κ3) is 3.85. The smallest absolute Gasteiger partial charge is 0.478 e. The number of rotatable bonds is 4. The van der Waals surface area contributed by atoms with Crippen molar-refractivity contribution in [2.45, 2.75) is 109 Å². The van der Waals surface area contributed by atoms with Crippen molar-refractivity contribution in [3.63, 3.8) is 0 Å². The number of halogens is 2. The Morgan fingerprint density at radius 2 is 1.75 bits per heavy atom. The lowest BCUT2D eigenvalue weighted by molar-refractivity contribution is -0.232. The monoisotopic (exact) mass is 564 g/mol. The van der Waals surface area contributed by atoms with Gasteiger partial charge in [0.15, 0.2) is 11.5 Å². The third-order valence-electron chi connectivity index (χ3n) is 11.7. The highest BCUT2D eigenvalue weighted by molar-refractivity contribution is 6.01. The number of hydrogen-bond donors (Lipinski definition) is 2.